The zero-order valence-corrected chi connectivity index (χ0v) is 22.9. The Kier molecular flexibility index (Phi) is 8.16. The number of ether oxygens (including phenoxy) is 1. The molecule has 0 aromatic heterocycles. The number of nitrogens with one attached hydrogen (secondary N) is 1. The zero-order valence-electron chi connectivity index (χ0n) is 21.9. The Bertz CT molecular complexity index is 1070. The predicted molar refractivity (Wildman–Crippen MR) is 151 cm³/mol. The highest BCUT2D eigenvalue weighted by molar-refractivity contribution is 6.99. The lowest BCUT2D eigenvalue weighted by molar-refractivity contribution is -0.140. The van der Waals surface area contributed by atoms with Crippen molar-refractivity contribution in [1.29, 1.82) is 0 Å². The van der Waals surface area contributed by atoms with Gasteiger partial charge in [0, 0.05) is 43.5 Å². The molecule has 1 aliphatic rings. The molecule has 0 amide bonds. The molecule has 0 atom stereocenters. The maximum absolute atomic E-state index is 11.3. The number of carbonyl (C=O) groups excluding carboxylic acids is 1. The van der Waals surface area contributed by atoms with Gasteiger partial charge in [-0.1, -0.05) is 81.4 Å². The van der Waals surface area contributed by atoms with Gasteiger partial charge in [-0.2, -0.15) is 0 Å². The van der Waals surface area contributed by atoms with E-state index in [2.05, 4.69) is 121 Å². The Morgan fingerprint density at radius 1 is 0.917 bits per heavy atom. The van der Waals surface area contributed by atoms with E-state index in [0.717, 1.165) is 25.4 Å². The summed E-state index contributed by atoms with van der Waals surface area (Å²) in [7, 11) is -1.07. The number of carbonyl (C=O) groups is 1. The second kappa shape index (κ2) is 11.3. The van der Waals surface area contributed by atoms with Crippen molar-refractivity contribution >= 4 is 36.0 Å². The lowest BCUT2D eigenvalue weighted by Gasteiger charge is -2.46. The molecule has 5 nitrogen and oxygen atoms in total. The summed E-state index contributed by atoms with van der Waals surface area (Å²) in [6, 6.07) is 30.1. The first kappa shape index (κ1) is 26.0. The third-order valence-corrected chi connectivity index (χ3v) is 12.0. The van der Waals surface area contributed by atoms with E-state index in [0.29, 0.717) is 18.9 Å². The molecule has 0 spiro atoms. The summed E-state index contributed by atoms with van der Waals surface area (Å²) in [6.45, 7) is 10.3. The standard InChI is InChI=1S/C30H38N2O3Si/c1-30(2,3)36(27-11-7-5-8-12-27,28-13-9-6-10-14-28)35-23-24-21-32(22-24)26-17-15-25(16-18-26)31-20-19-29(33)34-4/h5-18,24,31H,19-23H2,1-4H3. The molecule has 1 saturated heterocycles. The van der Waals surface area contributed by atoms with Crippen LogP contribution < -0.4 is 20.6 Å². The summed E-state index contributed by atoms with van der Waals surface area (Å²) >= 11 is 0. The predicted octanol–water partition coefficient (Wildman–Crippen LogP) is 4.67. The largest absolute Gasteiger partial charge is 0.469 e. The van der Waals surface area contributed by atoms with Gasteiger partial charge in [0.2, 0.25) is 0 Å². The molecule has 1 N–H and O–H groups in total. The molecule has 3 aromatic rings. The van der Waals surface area contributed by atoms with Crippen LogP contribution >= 0.6 is 0 Å². The molecule has 1 heterocycles. The van der Waals surface area contributed by atoms with Crippen LogP contribution in [0.1, 0.15) is 27.2 Å². The van der Waals surface area contributed by atoms with Crippen molar-refractivity contribution in [1.82, 2.24) is 0 Å². The normalized spacial score (nSPS) is 14.3. The highest BCUT2D eigenvalue weighted by Crippen LogP contribution is 2.37. The lowest BCUT2D eigenvalue weighted by Crippen LogP contribution is -2.67. The van der Waals surface area contributed by atoms with Gasteiger partial charge in [-0.3, -0.25) is 4.79 Å². The van der Waals surface area contributed by atoms with Crippen LogP contribution in [-0.2, 0) is 14.0 Å². The number of esters is 1. The summed E-state index contributed by atoms with van der Waals surface area (Å²) in [4.78, 5) is 13.7. The van der Waals surface area contributed by atoms with E-state index in [4.69, 9.17) is 4.43 Å². The Hall–Kier alpha value is -3.09. The van der Waals surface area contributed by atoms with Crippen LogP contribution in [0, 0.1) is 5.92 Å². The Morgan fingerprint density at radius 2 is 1.47 bits per heavy atom. The molecule has 4 rings (SSSR count). The molecule has 1 fully saturated rings. The lowest BCUT2D eigenvalue weighted by atomic mass is 10.0. The number of hydrogen-bond donors (Lipinski definition) is 1. The van der Waals surface area contributed by atoms with Gasteiger partial charge in [0.15, 0.2) is 0 Å². The molecular weight excluding hydrogens is 464 g/mol. The SMILES string of the molecule is COC(=O)CCNc1ccc(N2CC(CO[Si](c3ccccc3)(c3ccccc3)C(C)(C)C)C2)cc1. The van der Waals surface area contributed by atoms with Crippen LogP contribution in [0.25, 0.3) is 0 Å². The minimum atomic E-state index is -2.49. The first-order chi connectivity index (χ1) is 17.3. The summed E-state index contributed by atoms with van der Waals surface area (Å²) in [5.41, 5.74) is 2.23. The second-order valence-electron chi connectivity index (χ2n) is 10.5. The van der Waals surface area contributed by atoms with Crippen molar-refractivity contribution in [2.24, 2.45) is 5.92 Å². The van der Waals surface area contributed by atoms with E-state index >= 15 is 0 Å². The Morgan fingerprint density at radius 3 is 1.97 bits per heavy atom. The maximum atomic E-state index is 11.3. The van der Waals surface area contributed by atoms with Gasteiger partial charge in [0.1, 0.15) is 0 Å². The molecule has 1 aliphatic heterocycles. The summed E-state index contributed by atoms with van der Waals surface area (Å²) in [6.07, 6.45) is 0.359. The van der Waals surface area contributed by atoms with Crippen LogP contribution in [0.2, 0.25) is 5.04 Å². The molecule has 36 heavy (non-hydrogen) atoms. The summed E-state index contributed by atoms with van der Waals surface area (Å²) < 4.78 is 11.8. The molecule has 3 aromatic carbocycles. The fraction of sp³-hybridized carbons (Fsp3) is 0.367. The number of methoxy groups -OCH3 is 1. The first-order valence-corrected chi connectivity index (χ1v) is 14.6. The van der Waals surface area contributed by atoms with E-state index in [1.54, 1.807) is 0 Å². The fourth-order valence-electron chi connectivity index (χ4n) is 5.09. The van der Waals surface area contributed by atoms with Gasteiger partial charge in [-0.25, -0.2) is 0 Å². The molecule has 6 heteroatoms. The fourth-order valence-corrected chi connectivity index (χ4v) is 9.73. The molecule has 0 bridgehead atoms. The van der Waals surface area contributed by atoms with Crippen molar-refractivity contribution in [3.8, 4) is 0 Å². The highest BCUT2D eigenvalue weighted by Gasteiger charge is 2.50. The van der Waals surface area contributed by atoms with Crippen molar-refractivity contribution in [3.05, 3.63) is 84.9 Å². The van der Waals surface area contributed by atoms with Gasteiger partial charge < -0.3 is 19.4 Å². The monoisotopic (exact) mass is 502 g/mol. The van der Waals surface area contributed by atoms with Crippen LogP contribution in [0.15, 0.2) is 84.9 Å². The van der Waals surface area contributed by atoms with Crippen LogP contribution in [0.3, 0.4) is 0 Å². The van der Waals surface area contributed by atoms with E-state index < -0.39 is 8.32 Å². The van der Waals surface area contributed by atoms with Crippen molar-refractivity contribution in [2.75, 3.05) is 43.6 Å². The average molecular weight is 503 g/mol. The number of anilines is 2. The van der Waals surface area contributed by atoms with Gasteiger partial charge in [-0.15, -0.1) is 0 Å². The van der Waals surface area contributed by atoms with E-state index in [1.807, 2.05) is 0 Å². The van der Waals surface area contributed by atoms with Gasteiger partial charge in [-0.05, 0) is 39.7 Å². The Labute approximate surface area is 216 Å². The van der Waals surface area contributed by atoms with Crippen LogP contribution in [0.5, 0.6) is 0 Å². The third-order valence-electron chi connectivity index (χ3n) is 7.03. The maximum Gasteiger partial charge on any atom is 0.307 e. The van der Waals surface area contributed by atoms with Gasteiger partial charge in [0.25, 0.3) is 8.32 Å². The van der Waals surface area contributed by atoms with Crippen LogP contribution in [0.4, 0.5) is 11.4 Å². The quantitative estimate of drug-likeness (QED) is 0.322. The third kappa shape index (κ3) is 5.66. The van der Waals surface area contributed by atoms with E-state index in [1.165, 1.54) is 23.2 Å². The number of benzene rings is 3. The minimum absolute atomic E-state index is 0.00413. The topological polar surface area (TPSA) is 50.8 Å². The smallest absolute Gasteiger partial charge is 0.307 e. The summed E-state index contributed by atoms with van der Waals surface area (Å²) in [5, 5.41) is 5.92. The van der Waals surface area contributed by atoms with Crippen molar-refractivity contribution in [3.63, 3.8) is 0 Å². The van der Waals surface area contributed by atoms with E-state index in [9.17, 15) is 4.79 Å². The minimum Gasteiger partial charge on any atom is -0.469 e. The first-order valence-electron chi connectivity index (χ1n) is 12.7. The van der Waals surface area contributed by atoms with Gasteiger partial charge >= 0.3 is 5.97 Å². The van der Waals surface area contributed by atoms with Crippen LogP contribution in [-0.4, -0.2) is 47.6 Å². The van der Waals surface area contributed by atoms with Crippen molar-refractivity contribution in [2.45, 2.75) is 32.2 Å². The zero-order chi connectivity index (χ0) is 25.6. The molecule has 0 radical (unpaired) electrons. The van der Waals surface area contributed by atoms with Gasteiger partial charge in [0.05, 0.1) is 13.5 Å². The molecule has 190 valence electrons. The average Bonchev–Trinajstić information content (AvgIpc) is 2.86. The Balaban J connectivity index is 1.40. The molecule has 0 saturated carbocycles. The van der Waals surface area contributed by atoms with Crippen molar-refractivity contribution < 1.29 is 14.0 Å². The highest BCUT2D eigenvalue weighted by atomic mass is 28.4. The van der Waals surface area contributed by atoms with E-state index in [-0.39, 0.29) is 11.0 Å². The summed E-state index contributed by atoms with van der Waals surface area (Å²) in [5.74, 6) is 0.301. The molecular formula is C30H38N2O3Si. The molecule has 0 aliphatic carbocycles. The number of hydrogen-bond acceptors (Lipinski definition) is 5. The number of nitrogens with zero attached hydrogens (tertiary/aromatic N) is 1. The molecule has 0 unspecified atom stereocenters. The second-order valence-corrected chi connectivity index (χ2v) is 14.9. The number of rotatable bonds is 10.